The van der Waals surface area contributed by atoms with Crippen molar-refractivity contribution in [2.75, 3.05) is 17.1 Å². The molecule has 1 N–H and O–H groups in total. The first kappa shape index (κ1) is 30.2. The molecule has 0 unspecified atom stereocenters. The minimum atomic E-state index is -3.69. The standard InChI is InChI=1S/C25H32Cl3N3O4S/c1-5-17(2)29-25(33)18(3)30(16-19-8-10-20(26)11-9-19)24(32)7-6-14-31(36(4,34)35)23-15-21(27)12-13-22(23)28/h8-13,15,17-18H,5-7,14,16H2,1-4H3,(H,29,33)/t17-,18+/m0/s1. The summed E-state index contributed by atoms with van der Waals surface area (Å²) in [4.78, 5) is 27.6. The van der Waals surface area contributed by atoms with Crippen molar-refractivity contribution in [1.82, 2.24) is 10.2 Å². The van der Waals surface area contributed by atoms with Crippen LogP contribution in [0.4, 0.5) is 5.69 Å². The SMILES string of the molecule is CC[C@H](C)NC(=O)[C@@H](C)N(Cc1ccc(Cl)cc1)C(=O)CCCN(c1cc(Cl)ccc1Cl)S(C)(=O)=O. The zero-order valence-electron chi connectivity index (χ0n) is 20.8. The van der Waals surface area contributed by atoms with E-state index in [-0.39, 0.29) is 54.5 Å². The molecule has 0 saturated heterocycles. The van der Waals surface area contributed by atoms with Crippen LogP contribution in [-0.4, -0.2) is 50.0 Å². The number of carbonyl (C=O) groups is 2. The van der Waals surface area contributed by atoms with Crippen LogP contribution in [0, 0.1) is 0 Å². The van der Waals surface area contributed by atoms with Gasteiger partial charge in [0.1, 0.15) is 6.04 Å². The van der Waals surface area contributed by atoms with Crippen LogP contribution in [0.5, 0.6) is 0 Å². The zero-order valence-corrected chi connectivity index (χ0v) is 23.9. The first-order valence-corrected chi connectivity index (χ1v) is 14.6. The lowest BCUT2D eigenvalue weighted by atomic mass is 10.1. The quantitative estimate of drug-likeness (QED) is 0.360. The number of carbonyl (C=O) groups excluding carboxylic acids is 2. The summed E-state index contributed by atoms with van der Waals surface area (Å²) in [6.45, 7) is 5.77. The molecule has 0 bridgehead atoms. The third-order valence-corrected chi connectivity index (χ3v) is 7.75. The Balaban J connectivity index is 2.20. The largest absolute Gasteiger partial charge is 0.352 e. The van der Waals surface area contributed by atoms with Gasteiger partial charge in [0.25, 0.3) is 0 Å². The smallest absolute Gasteiger partial charge is 0.242 e. The average Bonchev–Trinajstić information content (AvgIpc) is 2.81. The Kier molecular flexibility index (Phi) is 11.3. The molecular weight excluding hydrogens is 545 g/mol. The topological polar surface area (TPSA) is 86.8 Å². The van der Waals surface area contributed by atoms with Gasteiger partial charge in [0.05, 0.1) is 17.0 Å². The fraction of sp³-hybridized carbons (Fsp3) is 0.440. The van der Waals surface area contributed by atoms with Gasteiger partial charge in [0.2, 0.25) is 21.8 Å². The maximum Gasteiger partial charge on any atom is 0.242 e. The van der Waals surface area contributed by atoms with Gasteiger partial charge in [0, 0.05) is 35.6 Å². The van der Waals surface area contributed by atoms with Crippen LogP contribution in [0.1, 0.15) is 45.6 Å². The number of hydrogen-bond acceptors (Lipinski definition) is 4. The summed E-state index contributed by atoms with van der Waals surface area (Å²) in [7, 11) is -3.69. The van der Waals surface area contributed by atoms with Gasteiger partial charge in [-0.05, 0) is 62.6 Å². The Morgan fingerprint density at radius 2 is 1.61 bits per heavy atom. The van der Waals surface area contributed by atoms with Gasteiger partial charge in [-0.1, -0.05) is 53.9 Å². The highest BCUT2D eigenvalue weighted by atomic mass is 35.5. The lowest BCUT2D eigenvalue weighted by molar-refractivity contribution is -0.140. The van der Waals surface area contributed by atoms with Crippen molar-refractivity contribution in [3.8, 4) is 0 Å². The van der Waals surface area contributed by atoms with Crippen molar-refractivity contribution < 1.29 is 18.0 Å². The van der Waals surface area contributed by atoms with Gasteiger partial charge in [0.15, 0.2) is 0 Å². The Morgan fingerprint density at radius 3 is 2.19 bits per heavy atom. The van der Waals surface area contributed by atoms with E-state index in [0.717, 1.165) is 22.5 Å². The fourth-order valence-corrected chi connectivity index (χ4v) is 5.03. The molecule has 0 saturated carbocycles. The highest BCUT2D eigenvalue weighted by molar-refractivity contribution is 7.92. The van der Waals surface area contributed by atoms with Crippen LogP contribution < -0.4 is 9.62 Å². The first-order valence-electron chi connectivity index (χ1n) is 11.6. The zero-order chi connectivity index (χ0) is 27.0. The van der Waals surface area contributed by atoms with Gasteiger partial charge in [-0.15, -0.1) is 0 Å². The fourth-order valence-electron chi connectivity index (χ4n) is 3.49. The van der Waals surface area contributed by atoms with Crippen molar-refractivity contribution >= 4 is 62.3 Å². The van der Waals surface area contributed by atoms with Crippen LogP contribution >= 0.6 is 34.8 Å². The summed E-state index contributed by atoms with van der Waals surface area (Å²) in [6, 6.07) is 10.9. The monoisotopic (exact) mass is 575 g/mol. The normalized spacial score (nSPS) is 13.1. The van der Waals surface area contributed by atoms with E-state index >= 15 is 0 Å². The third kappa shape index (κ3) is 8.83. The summed E-state index contributed by atoms with van der Waals surface area (Å²) in [5.74, 6) is -0.530. The average molecular weight is 577 g/mol. The van der Waals surface area contributed by atoms with E-state index < -0.39 is 16.1 Å². The van der Waals surface area contributed by atoms with Crippen LogP contribution in [0.15, 0.2) is 42.5 Å². The summed E-state index contributed by atoms with van der Waals surface area (Å²) in [6.07, 6.45) is 2.07. The van der Waals surface area contributed by atoms with Crippen molar-refractivity contribution in [3.05, 3.63) is 63.1 Å². The van der Waals surface area contributed by atoms with E-state index in [0.29, 0.717) is 10.0 Å². The second-order valence-electron chi connectivity index (χ2n) is 8.68. The van der Waals surface area contributed by atoms with Gasteiger partial charge in [-0.25, -0.2) is 8.42 Å². The molecule has 0 aliphatic carbocycles. The molecule has 2 rings (SSSR count). The molecule has 2 atom stereocenters. The summed E-state index contributed by atoms with van der Waals surface area (Å²) in [5.41, 5.74) is 1.07. The lowest BCUT2D eigenvalue weighted by Crippen LogP contribution is -2.49. The number of sulfonamides is 1. The first-order chi connectivity index (χ1) is 16.8. The Labute approximate surface area is 228 Å². The molecule has 2 amide bonds. The predicted molar refractivity (Wildman–Crippen MR) is 147 cm³/mol. The molecule has 0 spiro atoms. The van der Waals surface area contributed by atoms with Crippen LogP contribution in [0.3, 0.4) is 0 Å². The number of anilines is 1. The number of nitrogens with one attached hydrogen (secondary N) is 1. The molecule has 11 heteroatoms. The van der Waals surface area contributed by atoms with E-state index in [1.807, 2.05) is 13.8 Å². The summed E-state index contributed by atoms with van der Waals surface area (Å²) >= 11 is 18.3. The van der Waals surface area contributed by atoms with Crippen molar-refractivity contribution in [2.45, 2.75) is 58.7 Å². The van der Waals surface area contributed by atoms with Gasteiger partial charge >= 0.3 is 0 Å². The Hall–Kier alpha value is -2.00. The second-order valence-corrected chi connectivity index (χ2v) is 11.9. The molecule has 0 radical (unpaired) electrons. The van der Waals surface area contributed by atoms with E-state index in [1.54, 1.807) is 37.3 Å². The van der Waals surface area contributed by atoms with E-state index in [1.165, 1.54) is 17.0 Å². The second kappa shape index (κ2) is 13.5. The summed E-state index contributed by atoms with van der Waals surface area (Å²) < 4.78 is 26.1. The number of nitrogens with zero attached hydrogens (tertiary/aromatic N) is 2. The molecule has 0 fully saturated rings. The molecule has 0 aliphatic rings. The van der Waals surface area contributed by atoms with Gasteiger partial charge < -0.3 is 10.2 Å². The summed E-state index contributed by atoms with van der Waals surface area (Å²) in [5, 5.41) is 4.06. The van der Waals surface area contributed by atoms with E-state index in [2.05, 4.69) is 5.32 Å². The van der Waals surface area contributed by atoms with Crippen LogP contribution in [-0.2, 0) is 26.2 Å². The molecule has 7 nitrogen and oxygen atoms in total. The molecule has 36 heavy (non-hydrogen) atoms. The highest BCUT2D eigenvalue weighted by Crippen LogP contribution is 2.31. The van der Waals surface area contributed by atoms with Crippen LogP contribution in [0.25, 0.3) is 0 Å². The van der Waals surface area contributed by atoms with Gasteiger partial charge in [-0.2, -0.15) is 0 Å². The third-order valence-electron chi connectivity index (χ3n) is 5.76. The molecule has 2 aromatic carbocycles. The minimum Gasteiger partial charge on any atom is -0.352 e. The maximum atomic E-state index is 13.3. The molecule has 198 valence electrons. The molecule has 0 aromatic heterocycles. The number of rotatable bonds is 12. The molecule has 0 heterocycles. The Morgan fingerprint density at radius 1 is 1.00 bits per heavy atom. The van der Waals surface area contributed by atoms with Crippen molar-refractivity contribution in [1.29, 1.82) is 0 Å². The van der Waals surface area contributed by atoms with Crippen molar-refractivity contribution in [3.63, 3.8) is 0 Å². The van der Waals surface area contributed by atoms with E-state index in [9.17, 15) is 18.0 Å². The van der Waals surface area contributed by atoms with Crippen molar-refractivity contribution in [2.24, 2.45) is 0 Å². The molecular formula is C25H32Cl3N3O4S. The predicted octanol–water partition coefficient (Wildman–Crippen LogP) is 5.53. The number of hydrogen-bond donors (Lipinski definition) is 1. The Bertz CT molecular complexity index is 1160. The number of amides is 2. The molecule has 2 aromatic rings. The van der Waals surface area contributed by atoms with Gasteiger partial charge in [-0.3, -0.25) is 13.9 Å². The number of benzene rings is 2. The van der Waals surface area contributed by atoms with Crippen LogP contribution in [0.2, 0.25) is 15.1 Å². The lowest BCUT2D eigenvalue weighted by Gasteiger charge is -2.30. The number of halogens is 3. The molecule has 0 aliphatic heterocycles. The minimum absolute atomic E-state index is 0.0207. The maximum absolute atomic E-state index is 13.3. The highest BCUT2D eigenvalue weighted by Gasteiger charge is 2.27. The van der Waals surface area contributed by atoms with E-state index in [4.69, 9.17) is 34.8 Å².